The molecular formula is C15H20FN3O. The molecule has 0 saturated carbocycles. The second kappa shape index (κ2) is 6.52. The van der Waals surface area contributed by atoms with E-state index in [9.17, 15) is 4.39 Å². The summed E-state index contributed by atoms with van der Waals surface area (Å²) < 4.78 is 19.2. The minimum Gasteiger partial charge on any atom is -0.497 e. The van der Waals surface area contributed by atoms with E-state index in [0.717, 1.165) is 5.69 Å². The van der Waals surface area contributed by atoms with Crippen LogP contribution in [0, 0.1) is 11.7 Å². The second-order valence-electron chi connectivity index (χ2n) is 5.07. The molecule has 0 fully saturated rings. The molecule has 0 spiro atoms. The first kappa shape index (κ1) is 14.5. The van der Waals surface area contributed by atoms with E-state index in [1.165, 1.54) is 13.2 Å². The fourth-order valence-corrected chi connectivity index (χ4v) is 2.19. The molecule has 0 saturated heterocycles. The van der Waals surface area contributed by atoms with Crippen LogP contribution in [0.2, 0.25) is 0 Å². The van der Waals surface area contributed by atoms with Crippen molar-refractivity contribution in [3.05, 3.63) is 47.5 Å². The largest absolute Gasteiger partial charge is 0.497 e. The highest BCUT2D eigenvalue weighted by Crippen LogP contribution is 2.27. The van der Waals surface area contributed by atoms with Crippen molar-refractivity contribution < 1.29 is 9.13 Å². The van der Waals surface area contributed by atoms with Crippen molar-refractivity contribution in [2.75, 3.05) is 7.11 Å². The van der Waals surface area contributed by atoms with Crippen LogP contribution in [0.3, 0.4) is 0 Å². The average Bonchev–Trinajstić information content (AvgIpc) is 2.93. The van der Waals surface area contributed by atoms with Gasteiger partial charge >= 0.3 is 0 Å². The van der Waals surface area contributed by atoms with Crippen molar-refractivity contribution in [1.29, 1.82) is 0 Å². The van der Waals surface area contributed by atoms with E-state index >= 15 is 0 Å². The quantitative estimate of drug-likeness (QED) is 0.853. The highest BCUT2D eigenvalue weighted by atomic mass is 19.1. The monoisotopic (exact) mass is 277 g/mol. The van der Waals surface area contributed by atoms with E-state index in [-0.39, 0.29) is 17.8 Å². The summed E-state index contributed by atoms with van der Waals surface area (Å²) in [6, 6.07) is 6.81. The molecule has 2 aromatic rings. The number of hydrogen-bond donors (Lipinski definition) is 2. The van der Waals surface area contributed by atoms with Crippen LogP contribution < -0.4 is 10.1 Å². The standard InChI is InChI=1S/C15H20FN3O/c1-10(2)15(17-9-11-6-7-18-19-11)13-5-4-12(20-3)8-14(13)16/h4-8,10,15,17H,9H2,1-3H3,(H,18,19). The van der Waals surface area contributed by atoms with Gasteiger partial charge in [0.2, 0.25) is 0 Å². The fraction of sp³-hybridized carbons (Fsp3) is 0.400. The van der Waals surface area contributed by atoms with Gasteiger partial charge in [-0.2, -0.15) is 5.10 Å². The third-order valence-corrected chi connectivity index (χ3v) is 3.28. The van der Waals surface area contributed by atoms with Crippen molar-refractivity contribution >= 4 is 0 Å². The Kier molecular flexibility index (Phi) is 4.74. The third kappa shape index (κ3) is 3.36. The minimum absolute atomic E-state index is 0.0655. The summed E-state index contributed by atoms with van der Waals surface area (Å²) >= 11 is 0. The van der Waals surface area contributed by atoms with Gasteiger partial charge in [0.15, 0.2) is 0 Å². The van der Waals surface area contributed by atoms with Gasteiger partial charge < -0.3 is 10.1 Å². The molecular weight excluding hydrogens is 257 g/mol. The fourth-order valence-electron chi connectivity index (χ4n) is 2.19. The molecule has 2 rings (SSSR count). The maximum Gasteiger partial charge on any atom is 0.131 e. The zero-order valence-corrected chi connectivity index (χ0v) is 12.0. The predicted octanol–water partition coefficient (Wildman–Crippen LogP) is 3.04. The lowest BCUT2D eigenvalue weighted by Gasteiger charge is -2.23. The van der Waals surface area contributed by atoms with Gasteiger partial charge in [0, 0.05) is 36.1 Å². The number of halogens is 1. The summed E-state index contributed by atoms with van der Waals surface area (Å²) in [5.74, 6) is 0.545. The molecule has 1 unspecified atom stereocenters. The second-order valence-corrected chi connectivity index (χ2v) is 5.07. The van der Waals surface area contributed by atoms with Gasteiger partial charge in [-0.3, -0.25) is 5.10 Å². The van der Waals surface area contributed by atoms with Gasteiger partial charge in [-0.1, -0.05) is 19.9 Å². The number of aromatic amines is 1. The van der Waals surface area contributed by atoms with Crippen LogP contribution in [-0.2, 0) is 6.54 Å². The van der Waals surface area contributed by atoms with E-state index in [2.05, 4.69) is 29.4 Å². The van der Waals surface area contributed by atoms with E-state index in [1.54, 1.807) is 18.3 Å². The lowest BCUT2D eigenvalue weighted by Crippen LogP contribution is -2.26. The number of hydrogen-bond acceptors (Lipinski definition) is 3. The van der Waals surface area contributed by atoms with Gasteiger partial charge in [0.25, 0.3) is 0 Å². The summed E-state index contributed by atoms with van der Waals surface area (Å²) in [4.78, 5) is 0. The zero-order chi connectivity index (χ0) is 14.5. The van der Waals surface area contributed by atoms with Crippen molar-refractivity contribution in [3.63, 3.8) is 0 Å². The number of methoxy groups -OCH3 is 1. The molecule has 1 aromatic heterocycles. The Morgan fingerprint density at radius 3 is 2.70 bits per heavy atom. The topological polar surface area (TPSA) is 49.9 Å². The number of rotatable bonds is 6. The summed E-state index contributed by atoms with van der Waals surface area (Å²) in [6.45, 7) is 4.75. The third-order valence-electron chi connectivity index (χ3n) is 3.28. The lowest BCUT2D eigenvalue weighted by atomic mass is 9.95. The molecule has 0 aliphatic carbocycles. The average molecular weight is 277 g/mol. The van der Waals surface area contributed by atoms with Gasteiger partial charge in [0.05, 0.1) is 7.11 Å². The summed E-state index contributed by atoms with van der Waals surface area (Å²) in [5.41, 5.74) is 1.63. The molecule has 1 atom stereocenters. The zero-order valence-electron chi connectivity index (χ0n) is 12.0. The molecule has 2 N–H and O–H groups in total. The van der Waals surface area contributed by atoms with Crippen LogP contribution in [0.5, 0.6) is 5.75 Å². The van der Waals surface area contributed by atoms with Gasteiger partial charge in [-0.15, -0.1) is 0 Å². The van der Waals surface area contributed by atoms with Crippen LogP contribution in [-0.4, -0.2) is 17.3 Å². The number of ether oxygens (including phenoxy) is 1. The van der Waals surface area contributed by atoms with Crippen LogP contribution in [0.1, 0.15) is 31.1 Å². The highest BCUT2D eigenvalue weighted by molar-refractivity contribution is 5.31. The minimum atomic E-state index is -0.250. The SMILES string of the molecule is COc1ccc(C(NCc2ccn[nH]2)C(C)C)c(F)c1. The molecule has 0 bridgehead atoms. The van der Waals surface area contributed by atoms with Crippen molar-refractivity contribution in [1.82, 2.24) is 15.5 Å². The van der Waals surface area contributed by atoms with Gasteiger partial charge in [-0.05, 0) is 18.1 Å². The van der Waals surface area contributed by atoms with Crippen LogP contribution in [0.4, 0.5) is 4.39 Å². The van der Waals surface area contributed by atoms with Crippen molar-refractivity contribution in [2.45, 2.75) is 26.4 Å². The van der Waals surface area contributed by atoms with E-state index in [0.29, 0.717) is 17.9 Å². The molecule has 0 aliphatic heterocycles. The smallest absolute Gasteiger partial charge is 0.131 e. The maximum absolute atomic E-state index is 14.2. The van der Waals surface area contributed by atoms with Crippen LogP contribution >= 0.6 is 0 Å². The van der Waals surface area contributed by atoms with Gasteiger partial charge in [-0.25, -0.2) is 4.39 Å². The molecule has 108 valence electrons. The molecule has 1 heterocycles. The van der Waals surface area contributed by atoms with Crippen LogP contribution in [0.15, 0.2) is 30.5 Å². The molecule has 5 heteroatoms. The number of H-pyrrole nitrogens is 1. The van der Waals surface area contributed by atoms with E-state index in [4.69, 9.17) is 4.74 Å². The maximum atomic E-state index is 14.2. The Hall–Kier alpha value is -1.88. The first-order chi connectivity index (χ1) is 9.61. The number of aromatic nitrogens is 2. The first-order valence-electron chi connectivity index (χ1n) is 6.67. The molecule has 0 amide bonds. The Bertz CT molecular complexity index is 540. The molecule has 0 aliphatic rings. The van der Waals surface area contributed by atoms with Crippen LogP contribution in [0.25, 0.3) is 0 Å². The van der Waals surface area contributed by atoms with Crippen molar-refractivity contribution in [3.8, 4) is 5.75 Å². The van der Waals surface area contributed by atoms with E-state index < -0.39 is 0 Å². The number of nitrogens with zero attached hydrogens (tertiary/aromatic N) is 1. The highest BCUT2D eigenvalue weighted by Gasteiger charge is 2.19. The summed E-state index contributed by atoms with van der Waals surface area (Å²) in [7, 11) is 1.53. The van der Waals surface area contributed by atoms with E-state index in [1.807, 2.05) is 6.07 Å². The summed E-state index contributed by atoms with van der Waals surface area (Å²) in [5, 5.41) is 10.2. The molecule has 20 heavy (non-hydrogen) atoms. The molecule has 4 nitrogen and oxygen atoms in total. The number of nitrogens with one attached hydrogen (secondary N) is 2. The number of benzene rings is 1. The first-order valence-corrected chi connectivity index (χ1v) is 6.67. The Labute approximate surface area is 118 Å². The normalized spacial score (nSPS) is 12.7. The molecule has 0 radical (unpaired) electrons. The predicted molar refractivity (Wildman–Crippen MR) is 76.0 cm³/mol. The Morgan fingerprint density at radius 2 is 2.15 bits per heavy atom. The van der Waals surface area contributed by atoms with Gasteiger partial charge in [0.1, 0.15) is 11.6 Å². The van der Waals surface area contributed by atoms with Crippen molar-refractivity contribution in [2.24, 2.45) is 5.92 Å². The lowest BCUT2D eigenvalue weighted by molar-refractivity contribution is 0.386. The Balaban J connectivity index is 2.15. The summed E-state index contributed by atoms with van der Waals surface area (Å²) in [6.07, 6.45) is 1.70. The Morgan fingerprint density at radius 1 is 1.35 bits per heavy atom. The molecule has 1 aromatic carbocycles.